The van der Waals surface area contributed by atoms with Crippen molar-refractivity contribution in [2.24, 2.45) is 0 Å². The Hall–Kier alpha value is -1.31. The van der Waals surface area contributed by atoms with Crippen LogP contribution in [0.1, 0.15) is 6.42 Å². The third kappa shape index (κ3) is 3.66. The average Bonchev–Trinajstić information content (AvgIpc) is 2.49. The van der Waals surface area contributed by atoms with Crippen molar-refractivity contribution in [1.82, 2.24) is 5.32 Å². The Kier molecular flexibility index (Phi) is 4.62. The van der Waals surface area contributed by atoms with Gasteiger partial charge in [0.1, 0.15) is 13.2 Å². The van der Waals surface area contributed by atoms with E-state index in [1.54, 1.807) is 6.07 Å². The van der Waals surface area contributed by atoms with Gasteiger partial charge in [-0.1, -0.05) is 0 Å². The van der Waals surface area contributed by atoms with Crippen molar-refractivity contribution < 1.29 is 19.0 Å². The lowest BCUT2D eigenvalue weighted by Gasteiger charge is -2.23. The Morgan fingerprint density at radius 3 is 2.76 bits per heavy atom. The van der Waals surface area contributed by atoms with E-state index >= 15 is 0 Å². The first kappa shape index (κ1) is 14.6. The molecule has 1 unspecified atom stereocenters. The Bertz CT molecular complexity index is 532. The normalized spacial score (nSPS) is 20.9. The van der Waals surface area contributed by atoms with Crippen molar-refractivity contribution in [2.75, 3.05) is 38.3 Å². The number of anilines is 1. The molecule has 0 aromatic heterocycles. The molecule has 21 heavy (non-hydrogen) atoms. The minimum absolute atomic E-state index is 0.0598. The first-order valence-electron chi connectivity index (χ1n) is 6.92. The maximum atomic E-state index is 12.1. The van der Waals surface area contributed by atoms with Gasteiger partial charge >= 0.3 is 0 Å². The molecule has 3 rings (SSSR count). The lowest BCUT2D eigenvalue weighted by Crippen LogP contribution is -2.43. The molecule has 2 N–H and O–H groups in total. The van der Waals surface area contributed by atoms with Gasteiger partial charge in [0.25, 0.3) is 0 Å². The van der Waals surface area contributed by atoms with E-state index in [0.717, 1.165) is 11.0 Å². The summed E-state index contributed by atoms with van der Waals surface area (Å²) < 4.78 is 17.1. The second kappa shape index (κ2) is 6.64. The molecular formula is C14H17BrN2O4. The minimum atomic E-state index is -0.0598. The molecule has 1 saturated heterocycles. The molecule has 1 aromatic carbocycles. The van der Waals surface area contributed by atoms with Crippen LogP contribution in [-0.4, -0.2) is 44.9 Å². The highest BCUT2D eigenvalue weighted by Crippen LogP contribution is 2.38. The molecule has 1 fully saturated rings. The van der Waals surface area contributed by atoms with E-state index < -0.39 is 0 Å². The SMILES string of the molecule is O=C(CC1COCCN1)Nc1cc2c(cc1Br)OCCO2. The lowest BCUT2D eigenvalue weighted by atomic mass is 10.2. The van der Waals surface area contributed by atoms with Gasteiger partial charge in [-0.25, -0.2) is 0 Å². The molecule has 1 atom stereocenters. The number of carbonyl (C=O) groups is 1. The maximum absolute atomic E-state index is 12.1. The first-order valence-corrected chi connectivity index (χ1v) is 7.72. The van der Waals surface area contributed by atoms with Crippen LogP contribution >= 0.6 is 15.9 Å². The van der Waals surface area contributed by atoms with Crippen molar-refractivity contribution >= 4 is 27.5 Å². The minimum Gasteiger partial charge on any atom is -0.486 e. The van der Waals surface area contributed by atoms with Crippen LogP contribution in [-0.2, 0) is 9.53 Å². The fraction of sp³-hybridized carbons (Fsp3) is 0.500. The molecule has 1 amide bonds. The van der Waals surface area contributed by atoms with Crippen LogP contribution < -0.4 is 20.1 Å². The summed E-state index contributed by atoms with van der Waals surface area (Å²) in [6, 6.07) is 3.66. The van der Waals surface area contributed by atoms with Crippen LogP contribution in [0.25, 0.3) is 0 Å². The van der Waals surface area contributed by atoms with Gasteiger partial charge < -0.3 is 24.8 Å². The summed E-state index contributed by atoms with van der Waals surface area (Å²) in [5, 5.41) is 6.15. The summed E-state index contributed by atoms with van der Waals surface area (Å²) in [5.74, 6) is 1.28. The first-order chi connectivity index (χ1) is 10.2. The summed E-state index contributed by atoms with van der Waals surface area (Å²) in [5.41, 5.74) is 0.681. The lowest BCUT2D eigenvalue weighted by molar-refractivity contribution is -0.117. The van der Waals surface area contributed by atoms with Gasteiger partial charge in [-0.3, -0.25) is 4.79 Å². The number of amides is 1. The largest absolute Gasteiger partial charge is 0.486 e. The molecular weight excluding hydrogens is 340 g/mol. The number of rotatable bonds is 3. The zero-order valence-corrected chi connectivity index (χ0v) is 13.1. The third-order valence-corrected chi connectivity index (χ3v) is 3.99. The van der Waals surface area contributed by atoms with Gasteiger partial charge in [0.2, 0.25) is 5.91 Å². The van der Waals surface area contributed by atoms with Crippen LogP contribution in [0.15, 0.2) is 16.6 Å². The molecule has 2 aliphatic rings. The van der Waals surface area contributed by atoms with E-state index in [2.05, 4.69) is 26.6 Å². The Labute approximate surface area is 131 Å². The summed E-state index contributed by atoms with van der Waals surface area (Å²) >= 11 is 3.44. The topological polar surface area (TPSA) is 68.8 Å². The van der Waals surface area contributed by atoms with Crippen LogP contribution in [0.2, 0.25) is 0 Å². The van der Waals surface area contributed by atoms with E-state index in [-0.39, 0.29) is 11.9 Å². The Morgan fingerprint density at radius 2 is 2.05 bits per heavy atom. The molecule has 7 heteroatoms. The second-order valence-corrected chi connectivity index (χ2v) is 5.81. The summed E-state index contributed by atoms with van der Waals surface area (Å²) in [6.45, 7) is 3.11. The Morgan fingerprint density at radius 1 is 1.29 bits per heavy atom. The molecule has 1 aromatic rings. The monoisotopic (exact) mass is 356 g/mol. The number of hydrogen-bond acceptors (Lipinski definition) is 5. The van der Waals surface area contributed by atoms with Crippen LogP contribution in [0.5, 0.6) is 11.5 Å². The third-order valence-electron chi connectivity index (χ3n) is 3.34. The van der Waals surface area contributed by atoms with Crippen molar-refractivity contribution in [3.8, 4) is 11.5 Å². The molecule has 6 nitrogen and oxygen atoms in total. The predicted molar refractivity (Wildman–Crippen MR) is 81.0 cm³/mol. The number of benzene rings is 1. The second-order valence-electron chi connectivity index (χ2n) is 4.95. The van der Waals surface area contributed by atoms with Crippen molar-refractivity contribution in [1.29, 1.82) is 0 Å². The maximum Gasteiger partial charge on any atom is 0.226 e. The van der Waals surface area contributed by atoms with E-state index in [1.165, 1.54) is 0 Å². The van der Waals surface area contributed by atoms with Gasteiger partial charge in [0, 0.05) is 35.6 Å². The van der Waals surface area contributed by atoms with Crippen LogP contribution in [0.3, 0.4) is 0 Å². The van der Waals surface area contributed by atoms with E-state index in [1.807, 2.05) is 6.07 Å². The number of carbonyl (C=O) groups excluding carboxylic acids is 1. The number of hydrogen-bond donors (Lipinski definition) is 2. The standard InChI is InChI=1S/C14H17BrN2O4/c15-10-6-12-13(21-4-3-20-12)7-11(10)17-14(18)5-9-8-19-2-1-16-9/h6-7,9,16H,1-5,8H2,(H,17,18). The number of halogens is 1. The quantitative estimate of drug-likeness (QED) is 0.859. The smallest absolute Gasteiger partial charge is 0.226 e. The van der Waals surface area contributed by atoms with Crippen molar-refractivity contribution in [3.05, 3.63) is 16.6 Å². The number of nitrogens with one attached hydrogen (secondary N) is 2. The van der Waals surface area contributed by atoms with Crippen molar-refractivity contribution in [3.63, 3.8) is 0 Å². The molecule has 2 aliphatic heterocycles. The zero-order chi connectivity index (χ0) is 14.7. The van der Waals surface area contributed by atoms with Gasteiger partial charge in [0.05, 0.1) is 18.9 Å². The molecule has 0 aliphatic carbocycles. The number of fused-ring (bicyclic) bond motifs is 1. The zero-order valence-electron chi connectivity index (χ0n) is 11.5. The van der Waals surface area contributed by atoms with Gasteiger partial charge in [-0.15, -0.1) is 0 Å². The molecule has 0 spiro atoms. The highest BCUT2D eigenvalue weighted by molar-refractivity contribution is 9.10. The van der Waals surface area contributed by atoms with Gasteiger partial charge in [-0.2, -0.15) is 0 Å². The molecule has 0 saturated carbocycles. The van der Waals surface area contributed by atoms with Gasteiger partial charge in [-0.05, 0) is 15.9 Å². The number of ether oxygens (including phenoxy) is 3. The molecule has 0 bridgehead atoms. The Balaban J connectivity index is 1.65. The fourth-order valence-electron chi connectivity index (χ4n) is 2.34. The molecule has 2 heterocycles. The van der Waals surface area contributed by atoms with E-state index in [0.29, 0.717) is 50.0 Å². The van der Waals surface area contributed by atoms with Crippen LogP contribution in [0, 0.1) is 0 Å². The van der Waals surface area contributed by atoms with Crippen molar-refractivity contribution in [2.45, 2.75) is 12.5 Å². The van der Waals surface area contributed by atoms with Gasteiger partial charge in [0.15, 0.2) is 11.5 Å². The average molecular weight is 357 g/mol. The fourth-order valence-corrected chi connectivity index (χ4v) is 2.76. The molecule has 114 valence electrons. The number of morpholine rings is 1. The van der Waals surface area contributed by atoms with E-state index in [9.17, 15) is 4.79 Å². The van der Waals surface area contributed by atoms with Crippen LogP contribution in [0.4, 0.5) is 5.69 Å². The van der Waals surface area contributed by atoms with E-state index in [4.69, 9.17) is 14.2 Å². The summed E-state index contributed by atoms with van der Waals surface area (Å²) in [4.78, 5) is 12.1. The summed E-state index contributed by atoms with van der Waals surface area (Å²) in [6.07, 6.45) is 0.376. The highest BCUT2D eigenvalue weighted by atomic mass is 79.9. The predicted octanol–water partition coefficient (Wildman–Crippen LogP) is 1.54. The summed E-state index contributed by atoms with van der Waals surface area (Å²) in [7, 11) is 0. The highest BCUT2D eigenvalue weighted by Gasteiger charge is 2.19. The molecule has 0 radical (unpaired) electrons.